The van der Waals surface area contributed by atoms with Crippen LogP contribution in [0, 0.1) is 18.3 Å². The Bertz CT molecular complexity index is 1210. The smallest absolute Gasteiger partial charge is 0.216 e. The lowest BCUT2D eigenvalue weighted by Gasteiger charge is -2.12. The van der Waals surface area contributed by atoms with Gasteiger partial charge in [0.2, 0.25) is 9.84 Å². The standard InChI is InChI=1S/C24H21NO4S/c1-18-7-6-8-20(13-18)17-29-23-12-11-19(15-24(23)28-2)14-22(16-25)30(26,27)21-9-4-3-5-10-21/h3-15H,17H2,1-2H3. The zero-order chi connectivity index (χ0) is 21.6. The van der Waals surface area contributed by atoms with E-state index in [9.17, 15) is 13.7 Å². The van der Waals surface area contributed by atoms with Gasteiger partial charge in [0.1, 0.15) is 17.6 Å². The zero-order valence-electron chi connectivity index (χ0n) is 16.7. The van der Waals surface area contributed by atoms with Crippen LogP contribution in [0.4, 0.5) is 0 Å². The molecular formula is C24H21NO4S. The number of methoxy groups -OCH3 is 1. The number of benzene rings is 3. The van der Waals surface area contributed by atoms with Crippen molar-refractivity contribution in [2.75, 3.05) is 7.11 Å². The Morgan fingerprint density at radius 2 is 1.77 bits per heavy atom. The number of rotatable bonds is 7. The van der Waals surface area contributed by atoms with Gasteiger partial charge in [0.25, 0.3) is 0 Å². The summed E-state index contributed by atoms with van der Waals surface area (Å²) in [5, 5.41) is 9.44. The van der Waals surface area contributed by atoms with Crippen molar-refractivity contribution in [2.45, 2.75) is 18.4 Å². The molecule has 5 nitrogen and oxygen atoms in total. The highest BCUT2D eigenvalue weighted by molar-refractivity contribution is 7.95. The van der Waals surface area contributed by atoms with E-state index in [1.165, 1.54) is 25.3 Å². The van der Waals surface area contributed by atoms with Crippen molar-refractivity contribution in [1.82, 2.24) is 0 Å². The highest BCUT2D eigenvalue weighted by Gasteiger charge is 2.20. The Morgan fingerprint density at radius 1 is 1.00 bits per heavy atom. The minimum Gasteiger partial charge on any atom is -0.493 e. The van der Waals surface area contributed by atoms with Crippen LogP contribution in [0.25, 0.3) is 6.08 Å². The topological polar surface area (TPSA) is 76.4 Å². The molecule has 0 saturated heterocycles. The summed E-state index contributed by atoms with van der Waals surface area (Å²) >= 11 is 0. The Balaban J connectivity index is 1.87. The minimum atomic E-state index is -3.90. The van der Waals surface area contributed by atoms with E-state index in [2.05, 4.69) is 0 Å². The highest BCUT2D eigenvalue weighted by atomic mass is 32.2. The normalized spacial score (nSPS) is 11.6. The lowest BCUT2D eigenvalue weighted by atomic mass is 10.1. The molecule has 3 rings (SSSR count). The molecule has 0 bridgehead atoms. The van der Waals surface area contributed by atoms with Gasteiger partial charge >= 0.3 is 0 Å². The van der Waals surface area contributed by atoms with Gasteiger partial charge < -0.3 is 9.47 Å². The fraction of sp³-hybridized carbons (Fsp3) is 0.125. The number of nitriles is 1. The van der Waals surface area contributed by atoms with E-state index in [4.69, 9.17) is 9.47 Å². The second kappa shape index (κ2) is 9.29. The van der Waals surface area contributed by atoms with Crippen molar-refractivity contribution in [3.8, 4) is 17.6 Å². The molecule has 0 amide bonds. The third kappa shape index (κ3) is 4.88. The summed E-state index contributed by atoms with van der Waals surface area (Å²) in [4.78, 5) is -0.271. The number of aryl methyl sites for hydroxylation is 1. The quantitative estimate of drug-likeness (QED) is 0.508. The predicted molar refractivity (Wildman–Crippen MR) is 116 cm³/mol. The van der Waals surface area contributed by atoms with Crippen molar-refractivity contribution < 1.29 is 17.9 Å². The molecule has 0 aliphatic rings. The van der Waals surface area contributed by atoms with Crippen LogP contribution >= 0.6 is 0 Å². The first kappa shape index (κ1) is 21.2. The summed E-state index contributed by atoms with van der Waals surface area (Å²) in [6.07, 6.45) is 1.33. The second-order valence-corrected chi connectivity index (χ2v) is 8.54. The van der Waals surface area contributed by atoms with Gasteiger partial charge in [-0.15, -0.1) is 0 Å². The van der Waals surface area contributed by atoms with Gasteiger partial charge in [0.05, 0.1) is 12.0 Å². The van der Waals surface area contributed by atoms with E-state index >= 15 is 0 Å². The van der Waals surface area contributed by atoms with Crippen LogP contribution in [-0.2, 0) is 16.4 Å². The van der Waals surface area contributed by atoms with E-state index in [0.29, 0.717) is 23.7 Å². The van der Waals surface area contributed by atoms with Gasteiger partial charge in [0.15, 0.2) is 11.5 Å². The molecule has 152 valence electrons. The fourth-order valence-corrected chi connectivity index (χ4v) is 4.08. The van der Waals surface area contributed by atoms with Crippen molar-refractivity contribution >= 4 is 15.9 Å². The van der Waals surface area contributed by atoms with Crippen molar-refractivity contribution in [1.29, 1.82) is 5.26 Å². The molecule has 3 aromatic carbocycles. The molecule has 0 saturated carbocycles. The van der Waals surface area contributed by atoms with Crippen LogP contribution in [0.3, 0.4) is 0 Å². The zero-order valence-corrected chi connectivity index (χ0v) is 17.5. The maximum atomic E-state index is 12.7. The van der Waals surface area contributed by atoms with Crippen LogP contribution in [-0.4, -0.2) is 15.5 Å². The van der Waals surface area contributed by atoms with Gasteiger partial charge in [-0.3, -0.25) is 0 Å². The summed E-state index contributed by atoms with van der Waals surface area (Å²) in [5.74, 6) is 0.978. The third-order valence-corrected chi connectivity index (χ3v) is 6.10. The molecule has 6 heteroatoms. The van der Waals surface area contributed by atoms with Gasteiger partial charge in [-0.2, -0.15) is 5.26 Å². The molecule has 0 heterocycles. The number of allylic oxidation sites excluding steroid dienone is 1. The molecule has 0 aliphatic heterocycles. The van der Waals surface area contributed by atoms with Crippen LogP contribution in [0.2, 0.25) is 0 Å². The van der Waals surface area contributed by atoms with Gasteiger partial charge in [-0.05, 0) is 48.4 Å². The Kier molecular flexibility index (Phi) is 6.55. The maximum absolute atomic E-state index is 12.7. The average Bonchev–Trinajstić information content (AvgIpc) is 2.76. The highest BCUT2D eigenvalue weighted by Crippen LogP contribution is 2.30. The molecule has 0 fully saturated rings. The van der Waals surface area contributed by atoms with E-state index in [1.54, 1.807) is 42.5 Å². The van der Waals surface area contributed by atoms with Crippen LogP contribution in [0.5, 0.6) is 11.5 Å². The third-order valence-electron chi connectivity index (χ3n) is 4.42. The van der Waals surface area contributed by atoms with Gasteiger partial charge in [-0.1, -0.05) is 54.1 Å². The summed E-state index contributed by atoms with van der Waals surface area (Å²) in [5.41, 5.74) is 2.69. The number of hydrogen-bond donors (Lipinski definition) is 0. The fourth-order valence-electron chi connectivity index (χ4n) is 2.90. The van der Waals surface area contributed by atoms with Gasteiger partial charge in [-0.25, -0.2) is 8.42 Å². The van der Waals surface area contributed by atoms with Crippen molar-refractivity contribution in [2.24, 2.45) is 0 Å². The molecule has 0 radical (unpaired) electrons. The molecule has 0 unspecified atom stereocenters. The summed E-state index contributed by atoms with van der Waals surface area (Å²) in [6.45, 7) is 2.39. The lowest BCUT2D eigenvalue weighted by molar-refractivity contribution is 0.284. The summed E-state index contributed by atoms with van der Waals surface area (Å²) in [6, 6.07) is 22.7. The Labute approximate surface area is 176 Å². The van der Waals surface area contributed by atoms with Crippen LogP contribution < -0.4 is 9.47 Å². The van der Waals surface area contributed by atoms with Crippen LogP contribution in [0.1, 0.15) is 16.7 Å². The van der Waals surface area contributed by atoms with Crippen LogP contribution in [0.15, 0.2) is 82.6 Å². The average molecular weight is 420 g/mol. The SMILES string of the molecule is COc1cc(C=C(C#N)S(=O)(=O)c2ccccc2)ccc1OCc1cccc(C)c1. The molecule has 30 heavy (non-hydrogen) atoms. The van der Waals surface area contributed by atoms with Crippen molar-refractivity contribution in [3.05, 3.63) is 94.4 Å². The van der Waals surface area contributed by atoms with E-state index < -0.39 is 9.84 Å². The molecule has 0 aromatic heterocycles. The molecular weight excluding hydrogens is 398 g/mol. The van der Waals surface area contributed by atoms with Crippen molar-refractivity contribution in [3.63, 3.8) is 0 Å². The van der Waals surface area contributed by atoms with Gasteiger partial charge in [0, 0.05) is 0 Å². The Morgan fingerprint density at radius 3 is 2.43 bits per heavy atom. The lowest BCUT2D eigenvalue weighted by Crippen LogP contribution is -2.03. The first-order valence-electron chi connectivity index (χ1n) is 9.22. The first-order chi connectivity index (χ1) is 14.4. The summed E-state index contributed by atoms with van der Waals surface area (Å²) in [7, 11) is -2.39. The number of hydrogen-bond acceptors (Lipinski definition) is 5. The number of ether oxygens (including phenoxy) is 2. The van der Waals surface area contributed by atoms with E-state index in [-0.39, 0.29) is 9.80 Å². The Hall–Kier alpha value is -3.56. The summed E-state index contributed by atoms with van der Waals surface area (Å²) < 4.78 is 36.7. The number of nitrogens with zero attached hydrogens (tertiary/aromatic N) is 1. The maximum Gasteiger partial charge on any atom is 0.216 e. The largest absolute Gasteiger partial charge is 0.493 e. The van der Waals surface area contributed by atoms with E-state index in [0.717, 1.165) is 11.1 Å². The minimum absolute atomic E-state index is 0.0721. The molecule has 3 aromatic rings. The molecule has 0 aliphatic carbocycles. The molecule has 0 spiro atoms. The first-order valence-corrected chi connectivity index (χ1v) is 10.7. The number of sulfone groups is 1. The van der Waals surface area contributed by atoms with E-state index in [1.807, 2.05) is 31.2 Å². The predicted octanol–water partition coefficient (Wildman–Crippen LogP) is 4.92. The molecule has 0 atom stereocenters. The monoisotopic (exact) mass is 419 g/mol. The molecule has 0 N–H and O–H groups in total. The second-order valence-electron chi connectivity index (χ2n) is 6.62.